The predicted octanol–water partition coefficient (Wildman–Crippen LogP) is 4.18. The van der Waals surface area contributed by atoms with Gasteiger partial charge >= 0.3 is 0 Å². The summed E-state index contributed by atoms with van der Waals surface area (Å²) in [6.07, 6.45) is 2.98. The Labute approximate surface area is 157 Å². The Morgan fingerprint density at radius 2 is 1.81 bits per heavy atom. The Morgan fingerprint density at radius 1 is 1.19 bits per heavy atom. The van der Waals surface area contributed by atoms with Crippen LogP contribution in [0.5, 0.6) is 0 Å². The van der Waals surface area contributed by atoms with Gasteiger partial charge < -0.3 is 10.6 Å². The van der Waals surface area contributed by atoms with Gasteiger partial charge in [0, 0.05) is 29.7 Å². The molecule has 0 saturated heterocycles. The molecule has 0 unspecified atom stereocenters. The van der Waals surface area contributed by atoms with Gasteiger partial charge in [0.2, 0.25) is 0 Å². The van der Waals surface area contributed by atoms with Crippen molar-refractivity contribution < 1.29 is 9.72 Å². The third-order valence-electron chi connectivity index (χ3n) is 4.04. The topological polar surface area (TPSA) is 108 Å². The fourth-order valence-corrected chi connectivity index (χ4v) is 2.62. The molecule has 0 aliphatic heterocycles. The van der Waals surface area contributed by atoms with Gasteiger partial charge in [0.15, 0.2) is 0 Å². The molecule has 0 fully saturated rings. The minimum absolute atomic E-state index is 0.130. The van der Waals surface area contributed by atoms with Gasteiger partial charge in [-0.1, -0.05) is 38.1 Å². The molecule has 0 radical (unpaired) electrons. The van der Waals surface area contributed by atoms with Crippen molar-refractivity contribution in [1.29, 1.82) is 5.26 Å². The summed E-state index contributed by atoms with van der Waals surface area (Å²) in [5.41, 5.74) is 3.04. The van der Waals surface area contributed by atoms with E-state index >= 15 is 0 Å². The second-order valence-electron chi connectivity index (χ2n) is 5.73. The van der Waals surface area contributed by atoms with Crippen LogP contribution in [0.15, 0.2) is 54.2 Å². The number of non-ortho nitro benzene ring substituents is 1. The molecule has 0 aromatic heterocycles. The lowest BCUT2D eigenvalue weighted by Crippen LogP contribution is -2.15. The lowest BCUT2D eigenvalue weighted by Gasteiger charge is -2.13. The molecule has 2 rings (SSSR count). The number of benzene rings is 2. The van der Waals surface area contributed by atoms with Crippen LogP contribution in [-0.4, -0.2) is 10.8 Å². The van der Waals surface area contributed by atoms with Crippen LogP contribution in [0.2, 0.25) is 0 Å². The molecule has 7 nitrogen and oxygen atoms in total. The van der Waals surface area contributed by atoms with Crippen LogP contribution < -0.4 is 10.6 Å². The largest absolute Gasteiger partial charge is 0.360 e. The van der Waals surface area contributed by atoms with Crippen molar-refractivity contribution in [3.05, 3.63) is 75.5 Å². The molecule has 0 spiro atoms. The van der Waals surface area contributed by atoms with Gasteiger partial charge in [-0.05, 0) is 30.0 Å². The summed E-state index contributed by atoms with van der Waals surface area (Å²) in [6, 6.07) is 13.4. The van der Waals surface area contributed by atoms with Gasteiger partial charge in [-0.15, -0.1) is 0 Å². The first kappa shape index (κ1) is 19.7. The van der Waals surface area contributed by atoms with Crippen molar-refractivity contribution in [3.8, 4) is 6.07 Å². The third kappa shape index (κ3) is 4.92. The quantitative estimate of drug-likeness (QED) is 0.332. The number of nitro groups is 1. The predicted molar refractivity (Wildman–Crippen MR) is 104 cm³/mol. The van der Waals surface area contributed by atoms with Crippen LogP contribution in [0.3, 0.4) is 0 Å². The normalized spacial score (nSPS) is 10.8. The Hall–Kier alpha value is -3.66. The van der Waals surface area contributed by atoms with E-state index in [9.17, 15) is 20.2 Å². The number of nitriles is 1. The number of nitrogens with zero attached hydrogens (tertiary/aromatic N) is 2. The van der Waals surface area contributed by atoms with E-state index in [1.54, 1.807) is 0 Å². The van der Waals surface area contributed by atoms with Crippen LogP contribution in [0.1, 0.15) is 25.0 Å². The summed E-state index contributed by atoms with van der Waals surface area (Å²) >= 11 is 0. The minimum Gasteiger partial charge on any atom is -0.360 e. The van der Waals surface area contributed by atoms with E-state index in [0.29, 0.717) is 0 Å². The highest BCUT2D eigenvalue weighted by Gasteiger charge is 2.13. The Balaban J connectivity index is 2.22. The van der Waals surface area contributed by atoms with Gasteiger partial charge in [0.05, 0.1) is 4.92 Å². The molecule has 0 aliphatic carbocycles. The monoisotopic (exact) mass is 364 g/mol. The maximum Gasteiger partial charge on any atom is 0.271 e. The van der Waals surface area contributed by atoms with Crippen LogP contribution >= 0.6 is 0 Å². The van der Waals surface area contributed by atoms with Crippen molar-refractivity contribution in [2.75, 3.05) is 10.6 Å². The smallest absolute Gasteiger partial charge is 0.271 e. The van der Waals surface area contributed by atoms with Crippen molar-refractivity contribution in [2.45, 2.75) is 26.7 Å². The highest BCUT2D eigenvalue weighted by Crippen LogP contribution is 2.23. The zero-order chi connectivity index (χ0) is 19.8. The molecule has 2 N–H and O–H groups in total. The maximum atomic E-state index is 12.3. The fourth-order valence-electron chi connectivity index (χ4n) is 2.62. The molecule has 0 atom stereocenters. The zero-order valence-corrected chi connectivity index (χ0v) is 15.2. The number of carbonyl (C=O) groups is 1. The van der Waals surface area contributed by atoms with E-state index in [4.69, 9.17) is 0 Å². The van der Waals surface area contributed by atoms with Crippen LogP contribution in [0.25, 0.3) is 0 Å². The lowest BCUT2D eigenvalue weighted by atomic mass is 10.0. The number of hydrogen-bond donors (Lipinski definition) is 2. The Morgan fingerprint density at radius 3 is 2.37 bits per heavy atom. The summed E-state index contributed by atoms with van der Waals surface area (Å²) in [4.78, 5) is 22.6. The molecule has 7 heteroatoms. The fraction of sp³-hybridized carbons (Fsp3) is 0.200. The van der Waals surface area contributed by atoms with E-state index in [2.05, 4.69) is 10.6 Å². The third-order valence-corrected chi connectivity index (χ3v) is 4.04. The van der Waals surface area contributed by atoms with Crippen molar-refractivity contribution >= 4 is 23.0 Å². The van der Waals surface area contributed by atoms with Crippen LogP contribution in [0, 0.1) is 21.4 Å². The number of aryl methyl sites for hydroxylation is 2. The maximum absolute atomic E-state index is 12.3. The molecule has 1 amide bonds. The SMILES string of the molecule is CCc1cccc(CC)c1N/C=C(/C#N)C(=O)Nc1cccc([N+](=O)[O-])c1. The summed E-state index contributed by atoms with van der Waals surface area (Å²) in [7, 11) is 0. The number of nitrogens with one attached hydrogen (secondary N) is 2. The standard InChI is InChI=1S/C20H20N4O3/c1-3-14-7-5-8-15(4-2)19(14)22-13-16(12-21)20(25)23-17-9-6-10-18(11-17)24(26)27/h5-11,13,22H,3-4H2,1-2H3,(H,23,25)/b16-13-. The van der Waals surface area contributed by atoms with E-state index in [-0.39, 0.29) is 16.9 Å². The van der Waals surface area contributed by atoms with Gasteiger partial charge in [-0.3, -0.25) is 14.9 Å². The number of carbonyl (C=O) groups excluding carboxylic acids is 1. The highest BCUT2D eigenvalue weighted by atomic mass is 16.6. The van der Waals surface area contributed by atoms with E-state index in [1.807, 2.05) is 38.1 Å². The number of amides is 1. The number of nitro benzene ring substituents is 1. The van der Waals surface area contributed by atoms with Crippen molar-refractivity contribution in [2.24, 2.45) is 0 Å². The second-order valence-corrected chi connectivity index (χ2v) is 5.73. The Bertz CT molecular complexity index is 907. The lowest BCUT2D eigenvalue weighted by molar-refractivity contribution is -0.384. The van der Waals surface area contributed by atoms with Crippen LogP contribution in [0.4, 0.5) is 17.1 Å². The first-order valence-corrected chi connectivity index (χ1v) is 8.53. The average molecular weight is 364 g/mol. The van der Waals surface area contributed by atoms with E-state index < -0.39 is 10.8 Å². The van der Waals surface area contributed by atoms with Gasteiger partial charge in [0.25, 0.3) is 11.6 Å². The number of rotatable bonds is 7. The van der Waals surface area contributed by atoms with E-state index in [1.165, 1.54) is 30.5 Å². The molecule has 0 saturated carbocycles. The zero-order valence-electron chi connectivity index (χ0n) is 15.2. The Kier molecular flexibility index (Phi) is 6.67. The molecule has 2 aromatic rings. The molecule has 138 valence electrons. The van der Waals surface area contributed by atoms with E-state index in [0.717, 1.165) is 29.7 Å². The molecule has 27 heavy (non-hydrogen) atoms. The molecule has 0 bridgehead atoms. The van der Waals surface area contributed by atoms with Gasteiger partial charge in [0.1, 0.15) is 11.6 Å². The van der Waals surface area contributed by atoms with Gasteiger partial charge in [-0.25, -0.2) is 0 Å². The number of anilines is 2. The highest BCUT2D eigenvalue weighted by molar-refractivity contribution is 6.06. The number of para-hydroxylation sites is 1. The second kappa shape index (κ2) is 9.15. The summed E-state index contributed by atoms with van der Waals surface area (Å²) < 4.78 is 0. The molecule has 0 aliphatic rings. The van der Waals surface area contributed by atoms with Crippen molar-refractivity contribution in [1.82, 2.24) is 0 Å². The average Bonchev–Trinajstić information content (AvgIpc) is 2.68. The first-order chi connectivity index (χ1) is 13.0. The van der Waals surface area contributed by atoms with Gasteiger partial charge in [-0.2, -0.15) is 5.26 Å². The molecular weight excluding hydrogens is 344 g/mol. The van der Waals surface area contributed by atoms with Crippen LogP contribution in [-0.2, 0) is 17.6 Å². The number of hydrogen-bond acceptors (Lipinski definition) is 5. The summed E-state index contributed by atoms with van der Waals surface area (Å²) in [5.74, 6) is -0.641. The molecular formula is C20H20N4O3. The molecule has 2 aromatic carbocycles. The molecule has 0 heterocycles. The summed E-state index contributed by atoms with van der Waals surface area (Å²) in [6.45, 7) is 4.06. The summed E-state index contributed by atoms with van der Waals surface area (Å²) in [5, 5.41) is 25.7. The first-order valence-electron chi connectivity index (χ1n) is 8.53. The minimum atomic E-state index is -0.641. The van der Waals surface area contributed by atoms with Crippen molar-refractivity contribution in [3.63, 3.8) is 0 Å².